The maximum absolute atomic E-state index is 12.5. The Morgan fingerprint density at radius 1 is 0.944 bits per heavy atom. The minimum absolute atomic E-state index is 0.355. The van der Waals surface area contributed by atoms with E-state index in [9.17, 15) is 4.79 Å². The molecule has 7 heteroatoms. The normalized spacial score (nSPS) is 11.9. The molecule has 1 amide bonds. The largest absolute Gasteiger partial charge is 0.490 e. The van der Waals surface area contributed by atoms with Crippen LogP contribution < -0.4 is 19.6 Å². The van der Waals surface area contributed by atoms with Gasteiger partial charge in [0.05, 0.1) is 12.8 Å². The van der Waals surface area contributed by atoms with E-state index in [2.05, 4.69) is 10.5 Å². The van der Waals surface area contributed by atoms with Crippen LogP contribution in [0, 0.1) is 0 Å². The number of nitrogens with zero attached hydrogens (tertiary/aromatic N) is 1. The average molecular weight is 503 g/mol. The van der Waals surface area contributed by atoms with Crippen molar-refractivity contribution in [2.24, 2.45) is 5.10 Å². The zero-order valence-corrected chi connectivity index (χ0v) is 20.9. The maximum Gasteiger partial charge on any atom is 0.280 e. The summed E-state index contributed by atoms with van der Waals surface area (Å²) in [6.07, 6.45) is 0.823. The standard InChI is InChI=1S/C29H27ClN2O4/c1-3-34-28-17-22(13-16-27(28)35-19-21-11-14-24(30)15-12-21)18-31-32-29(33)20(2)36-26-10-6-8-23-7-4-5-9-25(23)26/h4-18,20H,3,19H2,1-2H3,(H,32,33)/b31-18-/t20-/m0/s1. The van der Waals surface area contributed by atoms with E-state index in [0.717, 1.165) is 21.9 Å². The van der Waals surface area contributed by atoms with Crippen LogP contribution in [0.15, 0.2) is 90.0 Å². The van der Waals surface area contributed by atoms with E-state index in [1.165, 1.54) is 0 Å². The van der Waals surface area contributed by atoms with Crippen LogP contribution in [-0.2, 0) is 11.4 Å². The van der Waals surface area contributed by atoms with Gasteiger partial charge in [-0.25, -0.2) is 5.43 Å². The predicted octanol–water partition coefficient (Wildman–Crippen LogP) is 6.39. The lowest BCUT2D eigenvalue weighted by Crippen LogP contribution is -2.33. The molecule has 1 N–H and O–H groups in total. The lowest BCUT2D eigenvalue weighted by Gasteiger charge is -2.15. The minimum atomic E-state index is -0.726. The number of ether oxygens (including phenoxy) is 3. The van der Waals surface area contributed by atoms with Crippen LogP contribution >= 0.6 is 11.6 Å². The fourth-order valence-corrected chi connectivity index (χ4v) is 3.66. The molecule has 0 radical (unpaired) electrons. The summed E-state index contributed by atoms with van der Waals surface area (Å²) in [5.74, 6) is 1.50. The summed E-state index contributed by atoms with van der Waals surface area (Å²) in [6, 6.07) is 26.6. The third-order valence-corrected chi connectivity index (χ3v) is 5.64. The summed E-state index contributed by atoms with van der Waals surface area (Å²) < 4.78 is 17.6. The van der Waals surface area contributed by atoms with E-state index in [1.54, 1.807) is 13.1 Å². The second-order valence-corrected chi connectivity index (χ2v) is 8.46. The average Bonchev–Trinajstić information content (AvgIpc) is 2.89. The van der Waals surface area contributed by atoms with Gasteiger partial charge in [0.2, 0.25) is 0 Å². The first-order valence-electron chi connectivity index (χ1n) is 11.6. The molecule has 6 nitrogen and oxygen atoms in total. The Morgan fingerprint density at radius 3 is 2.53 bits per heavy atom. The molecule has 0 aromatic heterocycles. The predicted molar refractivity (Wildman–Crippen MR) is 143 cm³/mol. The molecule has 0 spiro atoms. The quantitative estimate of drug-likeness (QED) is 0.201. The molecule has 184 valence electrons. The lowest BCUT2D eigenvalue weighted by molar-refractivity contribution is -0.127. The van der Waals surface area contributed by atoms with E-state index < -0.39 is 6.10 Å². The number of rotatable bonds is 10. The zero-order chi connectivity index (χ0) is 25.3. The van der Waals surface area contributed by atoms with Gasteiger partial charge in [-0.2, -0.15) is 5.10 Å². The number of hydrazone groups is 1. The number of benzene rings is 4. The third-order valence-electron chi connectivity index (χ3n) is 5.39. The lowest BCUT2D eigenvalue weighted by atomic mass is 10.1. The van der Waals surface area contributed by atoms with Crippen molar-refractivity contribution < 1.29 is 19.0 Å². The minimum Gasteiger partial charge on any atom is -0.490 e. The highest BCUT2D eigenvalue weighted by Gasteiger charge is 2.15. The van der Waals surface area contributed by atoms with Crippen LogP contribution in [0.2, 0.25) is 5.02 Å². The van der Waals surface area contributed by atoms with Crippen molar-refractivity contribution in [1.82, 2.24) is 5.43 Å². The van der Waals surface area contributed by atoms with Gasteiger partial charge in [0.1, 0.15) is 12.4 Å². The van der Waals surface area contributed by atoms with Crippen LogP contribution in [0.25, 0.3) is 10.8 Å². The maximum atomic E-state index is 12.5. The van der Waals surface area contributed by atoms with Crippen LogP contribution in [0.4, 0.5) is 0 Å². The van der Waals surface area contributed by atoms with Gasteiger partial charge in [0, 0.05) is 10.4 Å². The van der Waals surface area contributed by atoms with Crippen molar-refractivity contribution in [3.05, 3.63) is 101 Å². The van der Waals surface area contributed by atoms with Crippen molar-refractivity contribution in [2.75, 3.05) is 6.61 Å². The molecule has 0 saturated heterocycles. The topological polar surface area (TPSA) is 69.2 Å². The molecule has 0 saturated carbocycles. The SMILES string of the molecule is CCOc1cc(/C=N\NC(=O)[C@H](C)Oc2cccc3ccccc23)ccc1OCc1ccc(Cl)cc1. The molecule has 0 aliphatic rings. The first-order chi connectivity index (χ1) is 17.5. The number of carbonyl (C=O) groups excluding carboxylic acids is 1. The van der Waals surface area contributed by atoms with Crippen LogP contribution in [0.5, 0.6) is 17.2 Å². The van der Waals surface area contributed by atoms with Crippen LogP contribution in [0.3, 0.4) is 0 Å². The summed E-state index contributed by atoms with van der Waals surface area (Å²) in [7, 11) is 0. The number of carbonyl (C=O) groups is 1. The van der Waals surface area contributed by atoms with Crippen molar-refractivity contribution in [1.29, 1.82) is 0 Å². The summed E-state index contributed by atoms with van der Waals surface area (Å²) in [5.41, 5.74) is 4.28. The first-order valence-corrected chi connectivity index (χ1v) is 12.0. The number of hydrogen-bond acceptors (Lipinski definition) is 5. The zero-order valence-electron chi connectivity index (χ0n) is 20.1. The number of nitrogens with one attached hydrogen (secondary N) is 1. The monoisotopic (exact) mass is 502 g/mol. The van der Waals surface area contributed by atoms with Gasteiger partial charge < -0.3 is 14.2 Å². The van der Waals surface area contributed by atoms with E-state index in [1.807, 2.05) is 91.9 Å². The molecule has 0 aliphatic heterocycles. The van der Waals surface area contributed by atoms with E-state index in [0.29, 0.717) is 35.5 Å². The Hall–Kier alpha value is -4.03. The van der Waals surface area contributed by atoms with E-state index >= 15 is 0 Å². The fraction of sp³-hybridized carbons (Fsp3) is 0.172. The van der Waals surface area contributed by atoms with Crippen molar-refractivity contribution >= 4 is 34.5 Å². The van der Waals surface area contributed by atoms with Gasteiger partial charge >= 0.3 is 0 Å². The number of amides is 1. The second-order valence-electron chi connectivity index (χ2n) is 8.03. The molecule has 4 rings (SSSR count). The fourth-order valence-electron chi connectivity index (χ4n) is 3.54. The molecule has 4 aromatic carbocycles. The van der Waals surface area contributed by atoms with Crippen molar-refractivity contribution in [3.8, 4) is 17.2 Å². The summed E-state index contributed by atoms with van der Waals surface area (Å²) in [4.78, 5) is 12.5. The highest BCUT2D eigenvalue weighted by molar-refractivity contribution is 6.30. The highest BCUT2D eigenvalue weighted by atomic mass is 35.5. The molecule has 0 bridgehead atoms. The van der Waals surface area contributed by atoms with Crippen LogP contribution in [0.1, 0.15) is 25.0 Å². The molecular formula is C29H27ClN2O4. The van der Waals surface area contributed by atoms with Crippen molar-refractivity contribution in [3.63, 3.8) is 0 Å². The molecule has 0 heterocycles. The number of fused-ring (bicyclic) bond motifs is 1. The van der Waals surface area contributed by atoms with Crippen molar-refractivity contribution in [2.45, 2.75) is 26.6 Å². The highest BCUT2D eigenvalue weighted by Crippen LogP contribution is 2.29. The Kier molecular flexibility index (Phi) is 8.42. The van der Waals surface area contributed by atoms with Gasteiger partial charge in [0.15, 0.2) is 17.6 Å². The summed E-state index contributed by atoms with van der Waals surface area (Å²) in [5, 5.41) is 6.76. The molecule has 1 atom stereocenters. The number of halogens is 1. The molecule has 36 heavy (non-hydrogen) atoms. The van der Waals surface area contributed by atoms with Gasteiger partial charge in [-0.15, -0.1) is 0 Å². The van der Waals surface area contributed by atoms with Crippen LogP contribution in [-0.4, -0.2) is 24.8 Å². The van der Waals surface area contributed by atoms with Gasteiger partial charge in [-0.3, -0.25) is 4.79 Å². The smallest absolute Gasteiger partial charge is 0.280 e. The third kappa shape index (κ3) is 6.55. The summed E-state index contributed by atoms with van der Waals surface area (Å²) in [6.45, 7) is 4.46. The number of hydrogen-bond donors (Lipinski definition) is 1. The summed E-state index contributed by atoms with van der Waals surface area (Å²) >= 11 is 5.94. The first kappa shape index (κ1) is 25.1. The van der Waals surface area contributed by atoms with Gasteiger partial charge in [0.25, 0.3) is 5.91 Å². The van der Waals surface area contributed by atoms with Gasteiger partial charge in [-0.05, 0) is 66.8 Å². The molecule has 0 aliphatic carbocycles. The van der Waals surface area contributed by atoms with E-state index in [-0.39, 0.29) is 5.91 Å². The second kappa shape index (κ2) is 12.1. The Labute approximate surface area is 215 Å². The molecule has 4 aromatic rings. The Morgan fingerprint density at radius 2 is 1.72 bits per heavy atom. The molecule has 0 fully saturated rings. The van der Waals surface area contributed by atoms with Gasteiger partial charge in [-0.1, -0.05) is 60.1 Å². The molecule has 0 unspecified atom stereocenters. The van der Waals surface area contributed by atoms with E-state index in [4.69, 9.17) is 25.8 Å². The molecular weight excluding hydrogens is 476 g/mol. The Bertz CT molecular complexity index is 1350. The Balaban J connectivity index is 1.36.